The van der Waals surface area contributed by atoms with Crippen molar-refractivity contribution in [3.63, 3.8) is 0 Å². The van der Waals surface area contributed by atoms with Gasteiger partial charge in [0.05, 0.1) is 5.69 Å². The lowest BCUT2D eigenvalue weighted by molar-refractivity contribution is 0.281. The zero-order valence-corrected chi connectivity index (χ0v) is 15.3. The highest BCUT2D eigenvalue weighted by molar-refractivity contribution is 5.47. The van der Waals surface area contributed by atoms with E-state index in [1.54, 1.807) is 17.0 Å². The van der Waals surface area contributed by atoms with Crippen molar-refractivity contribution < 1.29 is 4.74 Å². The van der Waals surface area contributed by atoms with Crippen LogP contribution >= 0.6 is 0 Å². The molecule has 142 valence electrons. The van der Waals surface area contributed by atoms with Crippen LogP contribution in [0, 0.1) is 0 Å². The third-order valence-electron chi connectivity index (χ3n) is 4.36. The van der Waals surface area contributed by atoms with Gasteiger partial charge in [0, 0.05) is 18.2 Å². The van der Waals surface area contributed by atoms with Crippen LogP contribution in [0.2, 0.25) is 0 Å². The Balaban J connectivity index is 1.55. The summed E-state index contributed by atoms with van der Waals surface area (Å²) in [5.41, 5.74) is 3.49. The number of hydrogen-bond acceptors (Lipinski definition) is 7. The van der Waals surface area contributed by atoms with Gasteiger partial charge >= 0.3 is 0 Å². The molecule has 9 nitrogen and oxygen atoms in total. The average Bonchev–Trinajstić information content (AvgIpc) is 3.43. The van der Waals surface area contributed by atoms with Gasteiger partial charge < -0.3 is 4.74 Å². The number of pyridine rings is 1. The molecule has 4 aromatic heterocycles. The maximum Gasteiger partial charge on any atom is 0.274 e. The maximum atomic E-state index is 6.05. The first-order chi connectivity index (χ1) is 14.4. The lowest BCUT2D eigenvalue weighted by Gasteiger charge is -2.11. The Morgan fingerprint density at radius 3 is 2.66 bits per heavy atom. The van der Waals surface area contributed by atoms with Crippen LogP contribution < -0.4 is 4.74 Å². The molecule has 0 bridgehead atoms. The second-order valence-corrected chi connectivity index (χ2v) is 6.36. The molecule has 0 saturated carbocycles. The van der Waals surface area contributed by atoms with E-state index in [4.69, 9.17) is 4.74 Å². The zero-order valence-electron chi connectivity index (χ0n) is 15.3. The van der Waals surface area contributed by atoms with Crippen LogP contribution in [-0.4, -0.2) is 39.6 Å². The summed E-state index contributed by atoms with van der Waals surface area (Å²) in [5, 5.41) is 17.2. The van der Waals surface area contributed by atoms with E-state index >= 15 is 0 Å². The van der Waals surface area contributed by atoms with E-state index in [1.807, 2.05) is 42.5 Å². The Labute approximate surface area is 165 Å². The minimum atomic E-state index is 0.307. The van der Waals surface area contributed by atoms with E-state index < -0.39 is 0 Å². The molecule has 4 heterocycles. The van der Waals surface area contributed by atoms with Crippen molar-refractivity contribution in [1.29, 1.82) is 0 Å². The third kappa shape index (κ3) is 3.53. The van der Waals surface area contributed by atoms with Gasteiger partial charge in [-0.2, -0.15) is 14.3 Å². The van der Waals surface area contributed by atoms with Crippen LogP contribution in [0.4, 0.5) is 0 Å². The van der Waals surface area contributed by atoms with Crippen molar-refractivity contribution in [2.45, 2.75) is 13.0 Å². The number of hydrogen-bond donors (Lipinski definition) is 0. The van der Waals surface area contributed by atoms with Gasteiger partial charge in [-0.25, -0.2) is 4.98 Å². The van der Waals surface area contributed by atoms with Crippen molar-refractivity contribution in [2.24, 2.45) is 0 Å². The molecular formula is C20H16N8O. The molecule has 0 radical (unpaired) electrons. The second-order valence-electron chi connectivity index (χ2n) is 6.36. The Kier molecular flexibility index (Phi) is 4.38. The quantitative estimate of drug-likeness (QED) is 0.443. The molecule has 0 aliphatic carbocycles. The van der Waals surface area contributed by atoms with Gasteiger partial charge in [0.25, 0.3) is 5.95 Å². The first-order valence-corrected chi connectivity index (χ1v) is 9.04. The Hall–Kier alpha value is -4.14. The molecule has 9 heteroatoms. The minimum Gasteiger partial charge on any atom is -0.470 e. The molecule has 0 N–H and O–H groups in total. The van der Waals surface area contributed by atoms with E-state index in [2.05, 4.69) is 42.5 Å². The molecule has 1 aromatic carbocycles. The van der Waals surface area contributed by atoms with Crippen molar-refractivity contribution in [2.75, 3.05) is 0 Å². The monoisotopic (exact) mass is 384 g/mol. The fraction of sp³-hybridized carbons (Fsp3) is 0.100. The van der Waals surface area contributed by atoms with Gasteiger partial charge in [-0.1, -0.05) is 36.4 Å². The highest BCUT2D eigenvalue weighted by atomic mass is 16.5. The summed E-state index contributed by atoms with van der Waals surface area (Å²) >= 11 is 0. The van der Waals surface area contributed by atoms with Gasteiger partial charge in [0.15, 0.2) is 5.65 Å². The molecule has 0 saturated heterocycles. The van der Waals surface area contributed by atoms with Gasteiger partial charge in [0.1, 0.15) is 19.3 Å². The summed E-state index contributed by atoms with van der Waals surface area (Å²) < 4.78 is 9.15. The fourth-order valence-corrected chi connectivity index (χ4v) is 2.99. The van der Waals surface area contributed by atoms with Gasteiger partial charge in [-0.3, -0.25) is 4.98 Å². The van der Waals surface area contributed by atoms with E-state index in [1.165, 1.54) is 11.0 Å². The van der Waals surface area contributed by atoms with Crippen LogP contribution in [-0.2, 0) is 13.0 Å². The van der Waals surface area contributed by atoms with Crippen molar-refractivity contribution >= 4 is 5.65 Å². The van der Waals surface area contributed by atoms with Crippen molar-refractivity contribution in [3.05, 3.63) is 90.3 Å². The highest BCUT2D eigenvalue weighted by Gasteiger charge is 2.16. The van der Waals surface area contributed by atoms with Crippen molar-refractivity contribution in [1.82, 2.24) is 39.6 Å². The van der Waals surface area contributed by atoms with Crippen LogP contribution in [0.1, 0.15) is 16.8 Å². The predicted octanol–water partition coefficient (Wildman–Crippen LogP) is 2.27. The Bertz CT molecular complexity index is 1220. The summed E-state index contributed by atoms with van der Waals surface area (Å²) in [6, 6.07) is 17.8. The second kappa shape index (κ2) is 7.47. The molecule has 0 fully saturated rings. The van der Waals surface area contributed by atoms with Gasteiger partial charge in [-0.15, -0.1) is 15.3 Å². The minimum absolute atomic E-state index is 0.307. The Morgan fingerprint density at radius 1 is 0.966 bits per heavy atom. The first kappa shape index (κ1) is 17.0. The topological polar surface area (TPSA) is 95.9 Å². The number of rotatable bonds is 6. The molecule has 0 amide bonds. The number of aromatic nitrogens is 8. The number of benzene rings is 1. The summed E-state index contributed by atoms with van der Waals surface area (Å²) in [6.45, 7) is 0.307. The number of nitrogens with zero attached hydrogens (tertiary/aromatic N) is 8. The van der Waals surface area contributed by atoms with E-state index in [-0.39, 0.29) is 0 Å². The molecule has 5 rings (SSSR count). The standard InChI is InChI=1S/C20H16N8O/c1-2-6-15(7-3-1)10-16-11-18-24-25-20(27-14-21-13-23-27)28(18)26-19(16)29-12-17-8-4-5-9-22-17/h1-9,11,13-14H,10,12H2. The van der Waals surface area contributed by atoms with Crippen molar-refractivity contribution in [3.8, 4) is 11.8 Å². The summed E-state index contributed by atoms with van der Waals surface area (Å²) in [7, 11) is 0. The van der Waals surface area contributed by atoms with Gasteiger partial charge in [0.2, 0.25) is 5.88 Å². The SMILES string of the molecule is c1ccc(Cc2cc3nnc(-n4cncn4)n3nc2OCc2ccccn2)cc1. The summed E-state index contributed by atoms with van der Waals surface area (Å²) in [6.07, 6.45) is 5.38. The molecule has 0 spiro atoms. The molecule has 5 aromatic rings. The molecular weight excluding hydrogens is 368 g/mol. The van der Waals surface area contributed by atoms with Gasteiger partial charge in [-0.05, 0) is 23.8 Å². The summed E-state index contributed by atoms with van der Waals surface area (Å²) in [5.74, 6) is 0.930. The van der Waals surface area contributed by atoms with Crippen LogP contribution in [0.25, 0.3) is 11.6 Å². The number of ether oxygens (including phenoxy) is 1. The number of fused-ring (bicyclic) bond motifs is 1. The largest absolute Gasteiger partial charge is 0.470 e. The molecule has 0 aliphatic heterocycles. The van der Waals surface area contributed by atoms with E-state index in [0.29, 0.717) is 30.5 Å². The van der Waals surface area contributed by atoms with Crippen LogP contribution in [0.15, 0.2) is 73.4 Å². The molecule has 0 unspecified atom stereocenters. The highest BCUT2D eigenvalue weighted by Crippen LogP contribution is 2.22. The lowest BCUT2D eigenvalue weighted by Crippen LogP contribution is -2.09. The summed E-state index contributed by atoms with van der Waals surface area (Å²) in [4.78, 5) is 8.27. The normalized spacial score (nSPS) is 11.0. The Morgan fingerprint density at radius 2 is 1.86 bits per heavy atom. The van der Waals surface area contributed by atoms with Crippen LogP contribution in [0.3, 0.4) is 0 Å². The molecule has 29 heavy (non-hydrogen) atoms. The maximum absolute atomic E-state index is 6.05. The third-order valence-corrected chi connectivity index (χ3v) is 4.36. The van der Waals surface area contributed by atoms with Crippen LogP contribution in [0.5, 0.6) is 5.88 Å². The van der Waals surface area contributed by atoms with E-state index in [0.717, 1.165) is 16.8 Å². The molecule has 0 aliphatic rings. The molecule has 0 atom stereocenters. The first-order valence-electron chi connectivity index (χ1n) is 9.04. The smallest absolute Gasteiger partial charge is 0.274 e. The van der Waals surface area contributed by atoms with E-state index in [9.17, 15) is 0 Å². The zero-order chi connectivity index (χ0) is 19.5. The average molecular weight is 384 g/mol. The fourth-order valence-electron chi connectivity index (χ4n) is 2.99. The lowest BCUT2D eigenvalue weighted by atomic mass is 10.1. The predicted molar refractivity (Wildman–Crippen MR) is 104 cm³/mol.